The molecule has 3 rings (SSSR count). The average Bonchev–Trinajstić information content (AvgIpc) is 2.59. The number of hydrazone groups is 1. The number of halogens is 1. The number of benzene rings is 2. The predicted molar refractivity (Wildman–Crippen MR) is 103 cm³/mol. The van der Waals surface area contributed by atoms with Crippen LogP contribution in [0.4, 0.5) is 0 Å². The van der Waals surface area contributed by atoms with E-state index in [0.717, 1.165) is 22.1 Å². The fourth-order valence-electron chi connectivity index (χ4n) is 2.74. The second-order valence-electron chi connectivity index (χ2n) is 6.02. The first kappa shape index (κ1) is 17.9. The number of carbonyl (C=O) groups excluding carboxylic acids is 1. The maximum atomic E-state index is 12.2. The molecule has 0 saturated carbocycles. The lowest BCUT2D eigenvalue weighted by molar-refractivity contribution is -0.120. The molecule has 1 amide bonds. The smallest absolute Gasteiger partial charge is 0.336 e. The lowest BCUT2D eigenvalue weighted by atomic mass is 10.00. The molecule has 0 saturated heterocycles. The minimum Gasteiger partial charge on any atom is -0.422 e. The van der Waals surface area contributed by atoms with Crippen LogP contribution in [0.2, 0.25) is 5.02 Å². The van der Waals surface area contributed by atoms with E-state index < -0.39 is 5.63 Å². The van der Waals surface area contributed by atoms with Crippen LogP contribution in [0.25, 0.3) is 11.0 Å². The maximum absolute atomic E-state index is 12.2. The molecule has 3 aromatic rings. The second kappa shape index (κ2) is 7.54. The Kier molecular flexibility index (Phi) is 5.19. The van der Waals surface area contributed by atoms with Crippen molar-refractivity contribution in [2.24, 2.45) is 5.10 Å². The minimum atomic E-state index is -0.473. The molecule has 0 atom stereocenters. The van der Waals surface area contributed by atoms with E-state index in [1.165, 1.54) is 12.3 Å². The Bertz CT molecular complexity index is 1050. The van der Waals surface area contributed by atoms with Gasteiger partial charge in [0.2, 0.25) is 5.91 Å². The first-order valence-corrected chi connectivity index (χ1v) is 8.42. The van der Waals surface area contributed by atoms with Crippen LogP contribution in [0.5, 0.6) is 0 Å². The van der Waals surface area contributed by atoms with Gasteiger partial charge in [0, 0.05) is 16.5 Å². The molecule has 6 heteroatoms. The molecule has 0 radical (unpaired) electrons. The Hall–Kier alpha value is -2.92. The molecule has 0 bridgehead atoms. The fourth-order valence-corrected chi connectivity index (χ4v) is 2.87. The van der Waals surface area contributed by atoms with Gasteiger partial charge in [0.1, 0.15) is 5.58 Å². The third kappa shape index (κ3) is 4.00. The van der Waals surface area contributed by atoms with Crippen LogP contribution in [-0.2, 0) is 11.2 Å². The number of nitrogens with one attached hydrogen (secondary N) is 1. The van der Waals surface area contributed by atoms with Crippen LogP contribution in [0, 0.1) is 13.8 Å². The number of nitrogens with zero attached hydrogens (tertiary/aromatic N) is 1. The highest BCUT2D eigenvalue weighted by Gasteiger charge is 2.13. The Morgan fingerprint density at radius 3 is 2.58 bits per heavy atom. The van der Waals surface area contributed by atoms with Crippen molar-refractivity contribution in [2.75, 3.05) is 0 Å². The summed E-state index contributed by atoms with van der Waals surface area (Å²) in [5, 5.41) is 5.36. The monoisotopic (exact) mass is 368 g/mol. The van der Waals surface area contributed by atoms with E-state index in [9.17, 15) is 9.59 Å². The number of fused-ring (bicyclic) bond motifs is 1. The molecule has 1 heterocycles. The lowest BCUT2D eigenvalue weighted by Gasteiger charge is -2.09. The highest BCUT2D eigenvalue weighted by molar-refractivity contribution is 6.30. The van der Waals surface area contributed by atoms with Crippen molar-refractivity contribution >= 4 is 34.7 Å². The van der Waals surface area contributed by atoms with E-state index in [-0.39, 0.29) is 12.3 Å². The summed E-state index contributed by atoms with van der Waals surface area (Å²) in [5.74, 6) is -0.317. The normalized spacial score (nSPS) is 11.2. The molecular weight excluding hydrogens is 352 g/mol. The van der Waals surface area contributed by atoms with E-state index in [4.69, 9.17) is 16.0 Å². The Balaban J connectivity index is 1.80. The quantitative estimate of drug-likeness (QED) is 0.433. The maximum Gasteiger partial charge on any atom is 0.336 e. The van der Waals surface area contributed by atoms with Crippen molar-refractivity contribution in [1.29, 1.82) is 0 Å². The highest BCUT2D eigenvalue weighted by atomic mass is 35.5. The van der Waals surface area contributed by atoms with Gasteiger partial charge in [0.05, 0.1) is 12.6 Å². The van der Waals surface area contributed by atoms with Crippen LogP contribution >= 0.6 is 11.6 Å². The largest absolute Gasteiger partial charge is 0.422 e. The van der Waals surface area contributed by atoms with Gasteiger partial charge in [0.25, 0.3) is 0 Å². The Morgan fingerprint density at radius 1 is 1.15 bits per heavy atom. The van der Waals surface area contributed by atoms with Crippen LogP contribution in [0.1, 0.15) is 22.3 Å². The zero-order valence-corrected chi connectivity index (χ0v) is 15.1. The second-order valence-corrected chi connectivity index (χ2v) is 6.45. The van der Waals surface area contributed by atoms with Gasteiger partial charge in [-0.05, 0) is 48.2 Å². The molecule has 0 aliphatic heterocycles. The summed E-state index contributed by atoms with van der Waals surface area (Å²) in [6.45, 7) is 3.78. The minimum absolute atomic E-state index is 0.0321. The van der Waals surface area contributed by atoms with Crippen LogP contribution < -0.4 is 11.1 Å². The zero-order chi connectivity index (χ0) is 18.7. The average molecular weight is 369 g/mol. The highest BCUT2D eigenvalue weighted by Crippen LogP contribution is 2.24. The van der Waals surface area contributed by atoms with Crippen LogP contribution in [-0.4, -0.2) is 12.1 Å². The third-order valence-electron chi connectivity index (χ3n) is 4.00. The number of carbonyl (C=O) groups is 1. The predicted octanol–water partition coefficient (Wildman–Crippen LogP) is 3.76. The molecule has 0 spiro atoms. The van der Waals surface area contributed by atoms with Gasteiger partial charge in [-0.3, -0.25) is 4.79 Å². The molecule has 0 aliphatic rings. The van der Waals surface area contributed by atoms with Crippen molar-refractivity contribution in [3.8, 4) is 0 Å². The first-order chi connectivity index (χ1) is 12.4. The van der Waals surface area contributed by atoms with Crippen molar-refractivity contribution in [1.82, 2.24) is 5.43 Å². The van der Waals surface area contributed by atoms with Crippen molar-refractivity contribution in [3.63, 3.8) is 0 Å². The summed E-state index contributed by atoms with van der Waals surface area (Å²) < 4.78 is 5.32. The number of hydrogen-bond acceptors (Lipinski definition) is 4. The molecule has 0 aliphatic carbocycles. The summed E-state index contributed by atoms with van der Waals surface area (Å²) in [7, 11) is 0. The fraction of sp³-hybridized carbons (Fsp3) is 0.150. The summed E-state index contributed by atoms with van der Waals surface area (Å²) in [5.41, 5.74) is 5.75. The van der Waals surface area contributed by atoms with E-state index in [2.05, 4.69) is 10.5 Å². The van der Waals surface area contributed by atoms with Gasteiger partial charge < -0.3 is 4.42 Å². The van der Waals surface area contributed by atoms with Gasteiger partial charge in [-0.25, -0.2) is 10.2 Å². The molecule has 1 aromatic heterocycles. The number of aryl methyl sites for hydroxylation is 2. The van der Waals surface area contributed by atoms with Crippen molar-refractivity contribution in [3.05, 3.63) is 80.2 Å². The van der Waals surface area contributed by atoms with Gasteiger partial charge >= 0.3 is 5.63 Å². The molecule has 2 aromatic carbocycles. The number of hydrogen-bond donors (Lipinski definition) is 1. The first-order valence-electron chi connectivity index (χ1n) is 8.04. The number of rotatable bonds is 4. The molecule has 26 heavy (non-hydrogen) atoms. The van der Waals surface area contributed by atoms with Crippen LogP contribution in [0.3, 0.4) is 0 Å². The summed E-state index contributed by atoms with van der Waals surface area (Å²) in [6, 6.07) is 12.3. The van der Waals surface area contributed by atoms with Gasteiger partial charge in [-0.15, -0.1) is 0 Å². The van der Waals surface area contributed by atoms with E-state index >= 15 is 0 Å². The molecule has 0 fully saturated rings. The molecule has 5 nitrogen and oxygen atoms in total. The van der Waals surface area contributed by atoms with Crippen LogP contribution in [0.15, 0.2) is 56.8 Å². The van der Waals surface area contributed by atoms with Gasteiger partial charge in [-0.1, -0.05) is 35.9 Å². The number of amides is 1. The Morgan fingerprint density at radius 2 is 1.85 bits per heavy atom. The summed E-state index contributed by atoms with van der Waals surface area (Å²) in [6.07, 6.45) is 1.56. The van der Waals surface area contributed by atoms with E-state index in [0.29, 0.717) is 16.2 Å². The topological polar surface area (TPSA) is 71.7 Å². The standard InChI is InChI=1S/C20H17ClN2O3/c1-12-3-4-13(2)20-19(12)15(10-18(25)26-20)9-17(24)23-22-11-14-5-7-16(21)8-6-14/h3-8,10-11H,9H2,1-2H3,(H,23,24)/b22-11+. The summed E-state index contributed by atoms with van der Waals surface area (Å²) >= 11 is 5.82. The third-order valence-corrected chi connectivity index (χ3v) is 4.25. The van der Waals surface area contributed by atoms with Gasteiger partial charge in [-0.2, -0.15) is 5.10 Å². The van der Waals surface area contributed by atoms with Crippen molar-refractivity contribution < 1.29 is 9.21 Å². The molecule has 132 valence electrons. The van der Waals surface area contributed by atoms with E-state index in [1.807, 2.05) is 26.0 Å². The van der Waals surface area contributed by atoms with Gasteiger partial charge in [0.15, 0.2) is 0 Å². The van der Waals surface area contributed by atoms with Crippen molar-refractivity contribution in [2.45, 2.75) is 20.3 Å². The molecular formula is C20H17ClN2O3. The zero-order valence-electron chi connectivity index (χ0n) is 14.4. The van der Waals surface area contributed by atoms with E-state index in [1.54, 1.807) is 24.3 Å². The molecule has 0 unspecified atom stereocenters. The Labute approximate surface area is 155 Å². The summed E-state index contributed by atoms with van der Waals surface area (Å²) in [4.78, 5) is 24.1. The lowest BCUT2D eigenvalue weighted by Crippen LogP contribution is -2.20. The molecule has 1 N–H and O–H groups in total. The SMILES string of the molecule is Cc1ccc(C)c2c(CC(=O)N/N=C/c3ccc(Cl)cc3)cc(=O)oc12.